The number of amides is 1. The number of nitrogens with one attached hydrogen (secondary N) is 1. The van der Waals surface area contributed by atoms with Gasteiger partial charge >= 0.3 is 0 Å². The minimum atomic E-state index is -0.357. The Morgan fingerprint density at radius 2 is 1.96 bits per heavy atom. The zero-order chi connectivity index (χ0) is 16.5. The first kappa shape index (κ1) is 18.1. The van der Waals surface area contributed by atoms with Crippen molar-refractivity contribution < 1.29 is 13.9 Å². The molecule has 1 aliphatic rings. The van der Waals surface area contributed by atoms with Gasteiger partial charge in [-0.05, 0) is 30.5 Å². The Balaban J connectivity index is 1.70. The molecule has 1 fully saturated rings. The van der Waals surface area contributed by atoms with E-state index in [2.05, 4.69) is 5.32 Å². The fourth-order valence-electron chi connectivity index (χ4n) is 2.93. The molecule has 0 bridgehead atoms. The van der Waals surface area contributed by atoms with Gasteiger partial charge in [0.25, 0.3) is 0 Å². The lowest BCUT2D eigenvalue weighted by Gasteiger charge is -2.20. The summed E-state index contributed by atoms with van der Waals surface area (Å²) in [4.78, 5) is 12.0. The van der Waals surface area contributed by atoms with Gasteiger partial charge in [0, 0.05) is 11.8 Å². The maximum atomic E-state index is 13.6. The maximum absolute atomic E-state index is 13.6. The molecule has 0 atom stereocenters. The number of rotatable bonds is 6. The van der Waals surface area contributed by atoms with Gasteiger partial charge in [0.05, 0.1) is 12.9 Å². The second-order valence-corrected chi connectivity index (χ2v) is 7.06. The van der Waals surface area contributed by atoms with Crippen LogP contribution >= 0.6 is 11.8 Å². The number of carbonyl (C=O) groups excluding carboxylic acids is 1. The number of ether oxygens (including phenoxy) is 1. The molecule has 1 aromatic rings. The number of hydrogen-bond acceptors (Lipinski definition) is 3. The van der Waals surface area contributed by atoms with Crippen LogP contribution in [0.4, 0.5) is 4.39 Å². The number of thioether (sulfide) groups is 1. The quantitative estimate of drug-likeness (QED) is 0.840. The molecule has 1 aromatic carbocycles. The molecular weight excluding hydrogens is 313 g/mol. The van der Waals surface area contributed by atoms with E-state index < -0.39 is 0 Å². The smallest absolute Gasteiger partial charge is 0.230 e. The Morgan fingerprint density at radius 1 is 1.26 bits per heavy atom. The minimum absolute atomic E-state index is 0.0922. The zero-order valence-electron chi connectivity index (χ0n) is 13.8. The van der Waals surface area contributed by atoms with Gasteiger partial charge in [-0.1, -0.05) is 38.2 Å². The molecule has 0 spiro atoms. The Bertz CT molecular complexity index is 502. The maximum Gasteiger partial charge on any atom is 0.230 e. The largest absolute Gasteiger partial charge is 0.494 e. The summed E-state index contributed by atoms with van der Waals surface area (Å²) in [6.07, 6.45) is 8.51. The zero-order valence-corrected chi connectivity index (χ0v) is 14.6. The van der Waals surface area contributed by atoms with Gasteiger partial charge in [0.15, 0.2) is 11.6 Å². The summed E-state index contributed by atoms with van der Waals surface area (Å²) in [6, 6.07) is 5.27. The number of methoxy groups -OCH3 is 1. The molecule has 0 radical (unpaired) electrons. The van der Waals surface area contributed by atoms with Crippen molar-refractivity contribution in [2.24, 2.45) is 0 Å². The number of benzene rings is 1. The molecule has 1 aliphatic carbocycles. The van der Waals surface area contributed by atoms with Crippen molar-refractivity contribution in [3.63, 3.8) is 0 Å². The van der Waals surface area contributed by atoms with Crippen molar-refractivity contribution in [2.75, 3.05) is 12.9 Å². The highest BCUT2D eigenvalue weighted by Crippen LogP contribution is 2.21. The highest BCUT2D eigenvalue weighted by atomic mass is 32.2. The molecule has 5 heteroatoms. The summed E-state index contributed by atoms with van der Waals surface area (Å²) >= 11 is 1.51. The summed E-state index contributed by atoms with van der Waals surface area (Å²) in [5, 5.41) is 3.15. The van der Waals surface area contributed by atoms with E-state index in [1.807, 2.05) is 6.07 Å². The van der Waals surface area contributed by atoms with Crippen LogP contribution in [0.3, 0.4) is 0 Å². The fraction of sp³-hybridized carbons (Fsp3) is 0.611. The average Bonchev–Trinajstić information content (AvgIpc) is 2.50. The predicted octanol–water partition coefficient (Wildman–Crippen LogP) is 4.30. The summed E-state index contributed by atoms with van der Waals surface area (Å²) in [5.74, 6) is 1.03. The van der Waals surface area contributed by atoms with E-state index in [-0.39, 0.29) is 17.5 Å². The molecule has 0 unspecified atom stereocenters. The van der Waals surface area contributed by atoms with E-state index in [4.69, 9.17) is 4.74 Å². The van der Waals surface area contributed by atoms with Crippen LogP contribution in [0, 0.1) is 5.82 Å². The Hall–Kier alpha value is -1.23. The van der Waals surface area contributed by atoms with Crippen LogP contribution in [0.1, 0.15) is 50.5 Å². The average molecular weight is 339 g/mol. The molecule has 0 aliphatic heterocycles. The third-order valence-corrected chi connectivity index (χ3v) is 5.19. The normalized spacial score (nSPS) is 16.4. The molecule has 0 aromatic heterocycles. The van der Waals surface area contributed by atoms with Gasteiger partial charge in [-0.2, -0.15) is 0 Å². The van der Waals surface area contributed by atoms with Gasteiger partial charge in [-0.25, -0.2) is 4.39 Å². The molecule has 1 amide bonds. The van der Waals surface area contributed by atoms with Crippen LogP contribution in [0.15, 0.2) is 18.2 Å². The van der Waals surface area contributed by atoms with E-state index in [0.717, 1.165) is 18.4 Å². The Morgan fingerprint density at radius 3 is 2.61 bits per heavy atom. The van der Waals surface area contributed by atoms with E-state index in [9.17, 15) is 9.18 Å². The highest BCUT2D eigenvalue weighted by Gasteiger charge is 2.14. The lowest BCUT2D eigenvalue weighted by atomic mass is 9.97. The van der Waals surface area contributed by atoms with Crippen LogP contribution in [-0.2, 0) is 10.5 Å². The molecule has 1 N–H and O–H groups in total. The van der Waals surface area contributed by atoms with E-state index >= 15 is 0 Å². The van der Waals surface area contributed by atoms with Crippen molar-refractivity contribution in [2.45, 2.75) is 56.7 Å². The second-order valence-electron chi connectivity index (χ2n) is 6.07. The van der Waals surface area contributed by atoms with E-state index in [0.29, 0.717) is 17.5 Å². The Kier molecular flexibility index (Phi) is 7.72. The third-order valence-electron chi connectivity index (χ3n) is 4.19. The predicted molar refractivity (Wildman–Crippen MR) is 93.4 cm³/mol. The monoisotopic (exact) mass is 339 g/mol. The SMILES string of the molecule is COc1ccc(CSCC(=O)NC2CCCCCCC2)cc1F. The summed E-state index contributed by atoms with van der Waals surface area (Å²) < 4.78 is 18.5. The first-order valence-electron chi connectivity index (χ1n) is 8.38. The molecule has 0 saturated heterocycles. The lowest BCUT2D eigenvalue weighted by molar-refractivity contribution is -0.119. The summed E-state index contributed by atoms with van der Waals surface area (Å²) in [5.41, 5.74) is 0.868. The lowest BCUT2D eigenvalue weighted by Crippen LogP contribution is -2.36. The molecule has 23 heavy (non-hydrogen) atoms. The minimum Gasteiger partial charge on any atom is -0.494 e. The standard InChI is InChI=1S/C18H26FNO2S/c1-22-17-10-9-14(11-16(17)19)12-23-13-18(21)20-15-7-5-3-2-4-6-8-15/h9-11,15H,2-8,12-13H2,1H3,(H,20,21). The van der Waals surface area contributed by atoms with Crippen molar-refractivity contribution in [1.82, 2.24) is 5.32 Å². The number of carbonyl (C=O) groups is 1. The van der Waals surface area contributed by atoms with Crippen LogP contribution < -0.4 is 10.1 Å². The molecule has 128 valence electrons. The molecule has 1 saturated carbocycles. The summed E-state index contributed by atoms with van der Waals surface area (Å²) in [7, 11) is 1.45. The van der Waals surface area contributed by atoms with Crippen LogP contribution in [0.25, 0.3) is 0 Å². The van der Waals surface area contributed by atoms with Crippen LogP contribution in [-0.4, -0.2) is 24.8 Å². The number of halogens is 1. The van der Waals surface area contributed by atoms with Crippen molar-refractivity contribution in [3.8, 4) is 5.75 Å². The van der Waals surface area contributed by atoms with Gasteiger partial charge < -0.3 is 10.1 Å². The van der Waals surface area contributed by atoms with Gasteiger partial charge in [-0.15, -0.1) is 11.8 Å². The van der Waals surface area contributed by atoms with E-state index in [1.165, 1.54) is 57.0 Å². The molecule has 3 nitrogen and oxygen atoms in total. The van der Waals surface area contributed by atoms with Crippen molar-refractivity contribution in [1.29, 1.82) is 0 Å². The van der Waals surface area contributed by atoms with Crippen molar-refractivity contribution in [3.05, 3.63) is 29.6 Å². The van der Waals surface area contributed by atoms with Gasteiger partial charge in [-0.3, -0.25) is 4.79 Å². The molecule has 2 rings (SSSR count). The first-order valence-corrected chi connectivity index (χ1v) is 9.54. The molecular formula is C18H26FNO2S. The van der Waals surface area contributed by atoms with Gasteiger partial charge in [0.1, 0.15) is 0 Å². The fourth-order valence-corrected chi connectivity index (χ4v) is 3.72. The second kappa shape index (κ2) is 9.81. The van der Waals surface area contributed by atoms with Crippen molar-refractivity contribution >= 4 is 17.7 Å². The van der Waals surface area contributed by atoms with Crippen LogP contribution in [0.2, 0.25) is 0 Å². The third kappa shape index (κ3) is 6.42. The van der Waals surface area contributed by atoms with Gasteiger partial charge in [0.2, 0.25) is 5.91 Å². The number of hydrogen-bond donors (Lipinski definition) is 1. The highest BCUT2D eigenvalue weighted by molar-refractivity contribution is 7.99. The van der Waals surface area contributed by atoms with E-state index in [1.54, 1.807) is 6.07 Å². The topological polar surface area (TPSA) is 38.3 Å². The van der Waals surface area contributed by atoms with Crippen LogP contribution in [0.5, 0.6) is 5.75 Å². The molecule has 0 heterocycles. The Labute approximate surface area is 142 Å². The summed E-state index contributed by atoms with van der Waals surface area (Å²) in [6.45, 7) is 0. The first-order chi connectivity index (χ1) is 11.2.